The normalized spacial score (nSPS) is 17.0. The predicted molar refractivity (Wildman–Crippen MR) is 104 cm³/mol. The van der Waals surface area contributed by atoms with Gasteiger partial charge in [0, 0.05) is 25.8 Å². The Morgan fingerprint density at radius 2 is 2.17 bits per heavy atom. The number of para-hydroxylation sites is 1. The van der Waals surface area contributed by atoms with Gasteiger partial charge in [0.05, 0.1) is 19.2 Å². The molecular formula is C19H26F2N6O2. The topological polar surface area (TPSA) is 85.6 Å². The number of halogens is 2. The lowest BCUT2D eigenvalue weighted by molar-refractivity contribution is -0.0504. The molecule has 1 fully saturated rings. The Morgan fingerprint density at radius 3 is 2.86 bits per heavy atom. The molecule has 1 aliphatic rings. The first kappa shape index (κ1) is 21.0. The number of benzene rings is 1. The maximum atomic E-state index is 12.6. The van der Waals surface area contributed by atoms with Crippen LogP contribution in [0, 0.1) is 6.92 Å². The molecule has 1 aromatic carbocycles. The van der Waals surface area contributed by atoms with Gasteiger partial charge in [0.1, 0.15) is 11.6 Å². The SMILES string of the molecule is Cc1nnc(CNC(=NCc2ccccc2OC(F)F)NCC2CCCO2)n1C. The Kier molecular flexibility index (Phi) is 7.34. The monoisotopic (exact) mass is 408 g/mol. The Labute approximate surface area is 168 Å². The van der Waals surface area contributed by atoms with Crippen LogP contribution < -0.4 is 15.4 Å². The minimum absolute atomic E-state index is 0.119. The fourth-order valence-electron chi connectivity index (χ4n) is 2.97. The number of nitrogens with one attached hydrogen (secondary N) is 2. The first-order valence-electron chi connectivity index (χ1n) is 9.54. The van der Waals surface area contributed by atoms with Crippen LogP contribution in [-0.4, -0.2) is 46.6 Å². The highest BCUT2D eigenvalue weighted by atomic mass is 19.3. The number of aliphatic imine (C=N–C) groups is 1. The van der Waals surface area contributed by atoms with Gasteiger partial charge in [-0.15, -0.1) is 10.2 Å². The third kappa shape index (κ3) is 6.11. The zero-order valence-corrected chi connectivity index (χ0v) is 16.6. The van der Waals surface area contributed by atoms with Crippen LogP contribution in [0.3, 0.4) is 0 Å². The Morgan fingerprint density at radius 1 is 1.34 bits per heavy atom. The van der Waals surface area contributed by atoms with E-state index in [9.17, 15) is 8.78 Å². The molecule has 8 nitrogen and oxygen atoms in total. The van der Waals surface area contributed by atoms with Crippen LogP contribution in [0.4, 0.5) is 8.78 Å². The maximum Gasteiger partial charge on any atom is 0.387 e. The summed E-state index contributed by atoms with van der Waals surface area (Å²) >= 11 is 0. The van der Waals surface area contributed by atoms with Crippen molar-refractivity contribution in [2.24, 2.45) is 12.0 Å². The number of guanidine groups is 1. The second-order valence-electron chi connectivity index (χ2n) is 6.74. The largest absolute Gasteiger partial charge is 0.434 e. The van der Waals surface area contributed by atoms with Gasteiger partial charge < -0.3 is 24.7 Å². The lowest BCUT2D eigenvalue weighted by atomic mass is 10.2. The van der Waals surface area contributed by atoms with E-state index >= 15 is 0 Å². The van der Waals surface area contributed by atoms with Crippen molar-refractivity contribution >= 4 is 5.96 Å². The van der Waals surface area contributed by atoms with E-state index in [-0.39, 0.29) is 18.4 Å². The van der Waals surface area contributed by atoms with Crippen LogP contribution in [-0.2, 0) is 24.9 Å². The fourth-order valence-corrected chi connectivity index (χ4v) is 2.97. The Hall–Kier alpha value is -2.75. The summed E-state index contributed by atoms with van der Waals surface area (Å²) in [6, 6.07) is 6.63. The van der Waals surface area contributed by atoms with Crippen LogP contribution in [0.1, 0.15) is 30.1 Å². The molecule has 1 aromatic heterocycles. The molecule has 1 saturated heterocycles. The van der Waals surface area contributed by atoms with Crippen molar-refractivity contribution in [2.45, 2.75) is 45.6 Å². The Balaban J connectivity index is 1.68. The van der Waals surface area contributed by atoms with Crippen molar-refractivity contribution in [2.75, 3.05) is 13.2 Å². The van der Waals surface area contributed by atoms with Gasteiger partial charge in [-0.1, -0.05) is 18.2 Å². The number of alkyl halides is 2. The molecular weight excluding hydrogens is 382 g/mol. The first-order chi connectivity index (χ1) is 14.0. The van der Waals surface area contributed by atoms with Crippen molar-refractivity contribution < 1.29 is 18.3 Å². The smallest absolute Gasteiger partial charge is 0.387 e. The van der Waals surface area contributed by atoms with Crippen molar-refractivity contribution in [3.8, 4) is 5.75 Å². The Bertz CT molecular complexity index is 821. The molecule has 0 spiro atoms. The molecule has 1 unspecified atom stereocenters. The second kappa shape index (κ2) is 10.1. The van der Waals surface area contributed by atoms with Crippen molar-refractivity contribution in [1.29, 1.82) is 0 Å². The van der Waals surface area contributed by atoms with E-state index in [1.807, 2.05) is 18.5 Å². The van der Waals surface area contributed by atoms with Gasteiger partial charge in [0.15, 0.2) is 11.8 Å². The molecule has 0 amide bonds. The molecule has 0 saturated carbocycles. The standard InChI is InChI=1S/C19H26F2N6O2/c1-13-25-26-17(27(13)2)12-24-19(23-11-15-7-5-9-28-15)22-10-14-6-3-4-8-16(14)29-18(20)21/h3-4,6,8,15,18H,5,7,9-12H2,1-2H3,(H2,22,23,24). The zero-order chi connectivity index (χ0) is 20.6. The molecule has 2 heterocycles. The van der Waals surface area contributed by atoms with Gasteiger partial charge in [-0.25, -0.2) is 4.99 Å². The number of hydrogen-bond acceptors (Lipinski definition) is 5. The predicted octanol–water partition coefficient (Wildman–Crippen LogP) is 2.14. The van der Waals surface area contributed by atoms with E-state index in [1.165, 1.54) is 6.07 Å². The first-order valence-corrected chi connectivity index (χ1v) is 9.54. The summed E-state index contributed by atoms with van der Waals surface area (Å²) in [7, 11) is 1.89. The van der Waals surface area contributed by atoms with Crippen LogP contribution in [0.25, 0.3) is 0 Å². The number of aromatic nitrogens is 3. The molecule has 0 aliphatic carbocycles. The van der Waals surface area contributed by atoms with Gasteiger partial charge >= 0.3 is 6.61 Å². The van der Waals surface area contributed by atoms with Crippen molar-refractivity contribution in [1.82, 2.24) is 25.4 Å². The molecule has 158 valence electrons. The van der Waals surface area contributed by atoms with E-state index in [1.54, 1.807) is 18.2 Å². The second-order valence-corrected chi connectivity index (χ2v) is 6.74. The average Bonchev–Trinajstić information content (AvgIpc) is 3.33. The third-order valence-electron chi connectivity index (χ3n) is 4.71. The molecule has 2 N–H and O–H groups in total. The van der Waals surface area contributed by atoms with E-state index in [0.717, 1.165) is 31.1 Å². The van der Waals surface area contributed by atoms with Crippen LogP contribution in [0.15, 0.2) is 29.3 Å². The van der Waals surface area contributed by atoms with Crippen molar-refractivity contribution in [3.63, 3.8) is 0 Å². The number of rotatable bonds is 8. The number of aryl methyl sites for hydroxylation is 1. The third-order valence-corrected chi connectivity index (χ3v) is 4.71. The summed E-state index contributed by atoms with van der Waals surface area (Å²) in [5.41, 5.74) is 0.570. The minimum atomic E-state index is -2.88. The van der Waals surface area contributed by atoms with Gasteiger partial charge in [0.2, 0.25) is 0 Å². The number of hydrogen-bond donors (Lipinski definition) is 2. The summed E-state index contributed by atoms with van der Waals surface area (Å²) in [5, 5.41) is 14.6. The van der Waals surface area contributed by atoms with Crippen LogP contribution in [0.2, 0.25) is 0 Å². The molecule has 2 aromatic rings. The molecule has 1 aliphatic heterocycles. The van der Waals surface area contributed by atoms with Crippen molar-refractivity contribution in [3.05, 3.63) is 41.5 Å². The highest BCUT2D eigenvalue weighted by Gasteiger charge is 2.16. The summed E-state index contributed by atoms with van der Waals surface area (Å²) in [6.07, 6.45) is 2.17. The zero-order valence-electron chi connectivity index (χ0n) is 16.6. The van der Waals surface area contributed by atoms with E-state index in [0.29, 0.717) is 24.6 Å². The van der Waals surface area contributed by atoms with Gasteiger partial charge in [-0.3, -0.25) is 0 Å². The summed E-state index contributed by atoms with van der Waals surface area (Å²) in [4.78, 5) is 4.53. The maximum absolute atomic E-state index is 12.6. The van der Waals surface area contributed by atoms with Gasteiger partial charge in [0.25, 0.3) is 0 Å². The highest BCUT2D eigenvalue weighted by Crippen LogP contribution is 2.21. The van der Waals surface area contributed by atoms with Crippen LogP contribution in [0.5, 0.6) is 5.75 Å². The molecule has 10 heteroatoms. The quantitative estimate of drug-likeness (QED) is 0.514. The fraction of sp³-hybridized carbons (Fsp3) is 0.526. The molecule has 0 bridgehead atoms. The summed E-state index contributed by atoms with van der Waals surface area (Å²) < 4.78 is 37.4. The summed E-state index contributed by atoms with van der Waals surface area (Å²) in [6.45, 7) is 0.975. The number of nitrogens with zero attached hydrogens (tertiary/aromatic N) is 4. The lowest BCUT2D eigenvalue weighted by Crippen LogP contribution is -2.41. The molecule has 3 rings (SSSR count). The molecule has 1 atom stereocenters. The minimum Gasteiger partial charge on any atom is -0.434 e. The van der Waals surface area contributed by atoms with Crippen LogP contribution >= 0.6 is 0 Å². The molecule has 0 radical (unpaired) electrons. The lowest BCUT2D eigenvalue weighted by Gasteiger charge is -2.16. The van der Waals surface area contributed by atoms with E-state index in [2.05, 4.69) is 30.6 Å². The average molecular weight is 408 g/mol. The highest BCUT2D eigenvalue weighted by molar-refractivity contribution is 5.79. The summed E-state index contributed by atoms with van der Waals surface area (Å²) in [5.74, 6) is 2.22. The van der Waals surface area contributed by atoms with Gasteiger partial charge in [-0.05, 0) is 25.8 Å². The molecule has 29 heavy (non-hydrogen) atoms. The van der Waals surface area contributed by atoms with E-state index < -0.39 is 6.61 Å². The number of ether oxygens (including phenoxy) is 2. The van der Waals surface area contributed by atoms with E-state index in [4.69, 9.17) is 4.74 Å². The van der Waals surface area contributed by atoms with Gasteiger partial charge in [-0.2, -0.15) is 8.78 Å².